The molecule has 1 atom stereocenters. The lowest BCUT2D eigenvalue weighted by atomic mass is 10.1. The highest BCUT2D eigenvalue weighted by Crippen LogP contribution is 2.31. The second-order valence-corrected chi connectivity index (χ2v) is 7.79. The van der Waals surface area contributed by atoms with Crippen LogP contribution in [0.3, 0.4) is 0 Å². The maximum absolute atomic E-state index is 11.8. The van der Waals surface area contributed by atoms with E-state index >= 15 is 0 Å². The van der Waals surface area contributed by atoms with Crippen molar-refractivity contribution in [3.63, 3.8) is 0 Å². The smallest absolute Gasteiger partial charge is 0.225 e. The van der Waals surface area contributed by atoms with Crippen molar-refractivity contribution in [2.75, 3.05) is 24.2 Å². The molecule has 118 valence electrons. The quantitative estimate of drug-likeness (QED) is 0.913. The van der Waals surface area contributed by atoms with Crippen LogP contribution >= 0.6 is 0 Å². The van der Waals surface area contributed by atoms with E-state index in [9.17, 15) is 8.42 Å². The molecule has 2 aromatic heterocycles. The summed E-state index contributed by atoms with van der Waals surface area (Å²) in [7, 11) is -3.27. The van der Waals surface area contributed by atoms with Gasteiger partial charge in [0.15, 0.2) is 9.84 Å². The molecular formula is C14H19N5O2S. The van der Waals surface area contributed by atoms with Gasteiger partial charge in [-0.3, -0.25) is 5.10 Å². The maximum Gasteiger partial charge on any atom is 0.225 e. The molecule has 0 spiro atoms. The van der Waals surface area contributed by atoms with E-state index in [2.05, 4.69) is 25.1 Å². The number of sulfone groups is 1. The number of H-pyrrole nitrogens is 1. The predicted octanol–water partition coefficient (Wildman–Crippen LogP) is 1.21. The Labute approximate surface area is 129 Å². The van der Waals surface area contributed by atoms with Crippen molar-refractivity contribution in [1.29, 1.82) is 0 Å². The van der Waals surface area contributed by atoms with Gasteiger partial charge in [-0.15, -0.1) is 0 Å². The molecule has 1 aliphatic rings. The van der Waals surface area contributed by atoms with Gasteiger partial charge in [-0.2, -0.15) is 5.10 Å². The molecule has 0 bridgehead atoms. The van der Waals surface area contributed by atoms with Gasteiger partial charge in [-0.1, -0.05) is 0 Å². The van der Waals surface area contributed by atoms with Crippen molar-refractivity contribution in [2.24, 2.45) is 0 Å². The Hall–Kier alpha value is -1.96. The van der Waals surface area contributed by atoms with Gasteiger partial charge < -0.3 is 4.90 Å². The van der Waals surface area contributed by atoms with Crippen molar-refractivity contribution in [3.05, 3.63) is 29.3 Å². The van der Waals surface area contributed by atoms with Crippen molar-refractivity contribution in [3.8, 4) is 0 Å². The van der Waals surface area contributed by atoms with Gasteiger partial charge in [0.1, 0.15) is 4.90 Å². The minimum Gasteiger partial charge on any atom is -0.340 e. The SMILES string of the molecule is Cc1cc(C)nc(N2CC[C@H](c3[nH]ncc3S(C)(=O)=O)C2)n1. The number of aryl methyl sites for hydroxylation is 2. The number of hydrogen-bond donors (Lipinski definition) is 1. The lowest BCUT2D eigenvalue weighted by Crippen LogP contribution is -2.22. The third-order valence-corrected chi connectivity index (χ3v) is 5.01. The van der Waals surface area contributed by atoms with Crippen molar-refractivity contribution < 1.29 is 8.42 Å². The monoisotopic (exact) mass is 321 g/mol. The zero-order valence-electron chi connectivity index (χ0n) is 12.9. The highest BCUT2D eigenvalue weighted by atomic mass is 32.2. The van der Waals surface area contributed by atoms with Crippen LogP contribution in [0.15, 0.2) is 17.2 Å². The summed E-state index contributed by atoms with van der Waals surface area (Å²) in [6.07, 6.45) is 3.45. The molecule has 3 heterocycles. The third-order valence-electron chi connectivity index (χ3n) is 3.88. The second kappa shape index (κ2) is 5.35. The predicted molar refractivity (Wildman–Crippen MR) is 82.8 cm³/mol. The Kier molecular flexibility index (Phi) is 3.64. The van der Waals surface area contributed by atoms with Gasteiger partial charge in [0.05, 0.1) is 11.9 Å². The molecule has 0 aromatic carbocycles. The number of nitrogens with zero attached hydrogens (tertiary/aromatic N) is 4. The Morgan fingerprint density at radius 3 is 2.59 bits per heavy atom. The molecule has 1 aliphatic heterocycles. The molecule has 0 unspecified atom stereocenters. The topological polar surface area (TPSA) is 91.8 Å². The van der Waals surface area contributed by atoms with Gasteiger partial charge in [-0.25, -0.2) is 18.4 Å². The highest BCUT2D eigenvalue weighted by molar-refractivity contribution is 7.90. The minimum absolute atomic E-state index is 0.0941. The van der Waals surface area contributed by atoms with Crippen molar-refractivity contribution in [2.45, 2.75) is 31.1 Å². The van der Waals surface area contributed by atoms with E-state index in [4.69, 9.17) is 0 Å². The first-order valence-corrected chi connectivity index (χ1v) is 9.04. The standard InChI is InChI=1S/C14H19N5O2S/c1-9-6-10(2)17-14(16-9)19-5-4-11(8-19)13-12(7-15-18-13)22(3,20)21/h6-7,11H,4-5,8H2,1-3H3,(H,15,18)/t11-/m0/s1. The fraction of sp³-hybridized carbons (Fsp3) is 0.500. The molecule has 0 saturated carbocycles. The Balaban J connectivity index is 1.85. The molecule has 7 nitrogen and oxygen atoms in total. The number of anilines is 1. The maximum atomic E-state index is 11.8. The van der Waals surface area contributed by atoms with Crippen LogP contribution < -0.4 is 4.90 Å². The first-order valence-electron chi connectivity index (χ1n) is 7.15. The second-order valence-electron chi connectivity index (χ2n) is 5.80. The summed E-state index contributed by atoms with van der Waals surface area (Å²) in [5, 5.41) is 6.76. The van der Waals surface area contributed by atoms with E-state index in [-0.39, 0.29) is 5.92 Å². The van der Waals surface area contributed by atoms with Crippen molar-refractivity contribution >= 4 is 15.8 Å². The van der Waals surface area contributed by atoms with Crippen molar-refractivity contribution in [1.82, 2.24) is 20.2 Å². The van der Waals surface area contributed by atoms with E-state index in [1.807, 2.05) is 19.9 Å². The zero-order chi connectivity index (χ0) is 15.9. The molecule has 3 rings (SSSR count). The number of aromatic nitrogens is 4. The molecule has 8 heteroatoms. The summed E-state index contributed by atoms with van der Waals surface area (Å²) in [6, 6.07) is 1.94. The Morgan fingerprint density at radius 1 is 1.27 bits per heavy atom. The largest absolute Gasteiger partial charge is 0.340 e. The fourth-order valence-corrected chi connectivity index (χ4v) is 3.76. The fourth-order valence-electron chi connectivity index (χ4n) is 2.90. The molecule has 0 aliphatic carbocycles. The van der Waals surface area contributed by atoms with E-state index < -0.39 is 9.84 Å². The van der Waals surface area contributed by atoms with Gasteiger partial charge in [-0.05, 0) is 26.3 Å². The summed E-state index contributed by atoms with van der Waals surface area (Å²) in [5.74, 6) is 0.803. The van der Waals surface area contributed by atoms with Crippen LogP contribution in [-0.4, -0.2) is 47.9 Å². The summed E-state index contributed by atoms with van der Waals surface area (Å²) in [4.78, 5) is 11.3. The number of aromatic amines is 1. The molecule has 1 fully saturated rings. The minimum atomic E-state index is -3.27. The first kappa shape index (κ1) is 15.0. The third kappa shape index (κ3) is 2.83. The van der Waals surface area contributed by atoms with Crippen LogP contribution in [0.5, 0.6) is 0 Å². The van der Waals surface area contributed by atoms with E-state index in [1.54, 1.807) is 0 Å². The molecule has 1 N–H and O–H groups in total. The summed E-state index contributed by atoms with van der Waals surface area (Å²) >= 11 is 0. The average Bonchev–Trinajstić information content (AvgIpc) is 3.06. The molecule has 2 aromatic rings. The van der Waals surface area contributed by atoms with Crippen LogP contribution in [0.2, 0.25) is 0 Å². The normalized spacial score (nSPS) is 18.9. The van der Waals surface area contributed by atoms with Gasteiger partial charge >= 0.3 is 0 Å². The Morgan fingerprint density at radius 2 is 1.95 bits per heavy atom. The number of nitrogens with one attached hydrogen (secondary N) is 1. The van der Waals surface area contributed by atoms with Gasteiger partial charge in [0, 0.05) is 36.7 Å². The van der Waals surface area contributed by atoms with Crippen LogP contribution in [0.4, 0.5) is 5.95 Å². The van der Waals surface area contributed by atoms with Crippen LogP contribution in [0.25, 0.3) is 0 Å². The zero-order valence-corrected chi connectivity index (χ0v) is 13.7. The van der Waals surface area contributed by atoms with E-state index in [0.29, 0.717) is 23.1 Å². The van der Waals surface area contributed by atoms with E-state index in [1.165, 1.54) is 12.5 Å². The highest BCUT2D eigenvalue weighted by Gasteiger charge is 2.30. The van der Waals surface area contributed by atoms with Crippen LogP contribution in [0.1, 0.15) is 29.4 Å². The van der Waals surface area contributed by atoms with Crippen LogP contribution in [0, 0.1) is 13.8 Å². The first-order chi connectivity index (χ1) is 10.3. The summed E-state index contributed by atoms with van der Waals surface area (Å²) in [6.45, 7) is 5.38. The van der Waals surface area contributed by atoms with Gasteiger partial charge in [0.2, 0.25) is 5.95 Å². The lowest BCUT2D eigenvalue weighted by molar-refractivity contribution is 0.598. The average molecular weight is 321 g/mol. The summed E-state index contributed by atoms with van der Waals surface area (Å²) < 4.78 is 23.6. The molecule has 1 saturated heterocycles. The lowest BCUT2D eigenvalue weighted by Gasteiger charge is -2.17. The number of rotatable bonds is 3. The molecule has 0 amide bonds. The Bertz CT molecular complexity index is 779. The summed E-state index contributed by atoms with van der Waals surface area (Å²) in [5.41, 5.74) is 2.56. The molecule has 22 heavy (non-hydrogen) atoms. The van der Waals surface area contributed by atoms with Crippen LogP contribution in [-0.2, 0) is 9.84 Å². The van der Waals surface area contributed by atoms with Gasteiger partial charge in [0.25, 0.3) is 0 Å². The number of hydrogen-bond acceptors (Lipinski definition) is 6. The molecular weight excluding hydrogens is 302 g/mol. The molecule has 0 radical (unpaired) electrons. The van der Waals surface area contributed by atoms with E-state index in [0.717, 1.165) is 24.4 Å².